The van der Waals surface area contributed by atoms with E-state index in [2.05, 4.69) is 10.3 Å². The van der Waals surface area contributed by atoms with Gasteiger partial charge in [0.15, 0.2) is 5.58 Å². The molecule has 0 aliphatic rings. The van der Waals surface area contributed by atoms with E-state index >= 15 is 0 Å². The zero-order valence-corrected chi connectivity index (χ0v) is 9.63. The monoisotopic (exact) mass is 240 g/mol. The van der Waals surface area contributed by atoms with E-state index in [1.54, 1.807) is 12.1 Å². The fourth-order valence-electron chi connectivity index (χ4n) is 1.78. The maximum Gasteiger partial charge on any atom is 0.295 e. The second kappa shape index (κ2) is 4.41. The lowest BCUT2D eigenvalue weighted by Crippen LogP contribution is -1.99. The molecule has 2 N–H and O–H groups in total. The van der Waals surface area contributed by atoms with Gasteiger partial charge in [0.25, 0.3) is 6.01 Å². The van der Waals surface area contributed by atoms with Gasteiger partial charge in [0.05, 0.1) is 0 Å². The SMILES string of the molecule is Oc1ccccc1CNc1nc2ccccc2o1. The molecule has 0 saturated heterocycles. The van der Waals surface area contributed by atoms with Gasteiger partial charge >= 0.3 is 0 Å². The standard InChI is InChI=1S/C14H12N2O2/c17-12-7-3-1-5-10(12)9-15-14-16-11-6-2-4-8-13(11)18-14/h1-8,17H,9H2,(H,15,16). The van der Waals surface area contributed by atoms with Crippen LogP contribution in [0.15, 0.2) is 52.9 Å². The number of phenols is 1. The second-order valence-corrected chi connectivity index (χ2v) is 3.97. The first kappa shape index (κ1) is 10.7. The van der Waals surface area contributed by atoms with E-state index in [4.69, 9.17) is 4.42 Å². The number of hydrogen-bond acceptors (Lipinski definition) is 4. The molecule has 90 valence electrons. The summed E-state index contributed by atoms with van der Waals surface area (Å²) in [5.41, 5.74) is 2.37. The first-order valence-electron chi connectivity index (χ1n) is 5.69. The van der Waals surface area contributed by atoms with Crippen molar-refractivity contribution >= 4 is 17.1 Å². The van der Waals surface area contributed by atoms with Crippen molar-refractivity contribution in [2.75, 3.05) is 5.32 Å². The number of fused-ring (bicyclic) bond motifs is 1. The Bertz CT molecular complexity index is 643. The summed E-state index contributed by atoms with van der Waals surface area (Å²) < 4.78 is 5.53. The van der Waals surface area contributed by atoms with Crippen LogP contribution >= 0.6 is 0 Å². The third-order valence-electron chi connectivity index (χ3n) is 2.72. The molecule has 0 unspecified atom stereocenters. The van der Waals surface area contributed by atoms with Gasteiger partial charge in [0.2, 0.25) is 0 Å². The predicted octanol–water partition coefficient (Wildman–Crippen LogP) is 3.15. The number of nitrogens with one attached hydrogen (secondary N) is 1. The molecular formula is C14H12N2O2. The van der Waals surface area contributed by atoms with Crippen LogP contribution in [-0.4, -0.2) is 10.1 Å². The average molecular weight is 240 g/mol. The zero-order valence-electron chi connectivity index (χ0n) is 9.63. The van der Waals surface area contributed by atoms with Gasteiger partial charge in [-0.15, -0.1) is 0 Å². The third-order valence-corrected chi connectivity index (χ3v) is 2.72. The number of phenolic OH excluding ortho intramolecular Hbond substituents is 1. The minimum atomic E-state index is 0.265. The normalized spacial score (nSPS) is 10.7. The molecule has 0 amide bonds. The molecule has 1 aromatic heterocycles. The molecule has 3 aromatic rings. The fraction of sp³-hybridized carbons (Fsp3) is 0.0714. The average Bonchev–Trinajstić information content (AvgIpc) is 2.80. The Morgan fingerprint density at radius 1 is 1.06 bits per heavy atom. The van der Waals surface area contributed by atoms with Crippen LogP contribution in [0.4, 0.5) is 6.01 Å². The Morgan fingerprint density at radius 2 is 1.83 bits per heavy atom. The van der Waals surface area contributed by atoms with Crippen molar-refractivity contribution in [3.63, 3.8) is 0 Å². The molecule has 18 heavy (non-hydrogen) atoms. The predicted molar refractivity (Wildman–Crippen MR) is 69.4 cm³/mol. The maximum absolute atomic E-state index is 9.64. The second-order valence-electron chi connectivity index (χ2n) is 3.97. The van der Waals surface area contributed by atoms with Gasteiger partial charge in [-0.1, -0.05) is 30.3 Å². The number of benzene rings is 2. The van der Waals surface area contributed by atoms with E-state index in [-0.39, 0.29) is 5.75 Å². The summed E-state index contributed by atoms with van der Waals surface area (Å²) in [5.74, 6) is 0.265. The van der Waals surface area contributed by atoms with Crippen LogP contribution in [0.2, 0.25) is 0 Å². The number of aromatic nitrogens is 1. The molecule has 0 aliphatic heterocycles. The van der Waals surface area contributed by atoms with Crippen molar-refractivity contribution in [2.24, 2.45) is 0 Å². The summed E-state index contributed by atoms with van der Waals surface area (Å²) in [7, 11) is 0. The molecule has 4 heteroatoms. The minimum absolute atomic E-state index is 0.265. The highest BCUT2D eigenvalue weighted by Crippen LogP contribution is 2.20. The summed E-state index contributed by atoms with van der Waals surface area (Å²) in [6, 6.07) is 15.2. The Labute approximate surface area is 104 Å². The summed E-state index contributed by atoms with van der Waals surface area (Å²) in [4.78, 5) is 4.30. The Hall–Kier alpha value is -2.49. The highest BCUT2D eigenvalue weighted by Gasteiger charge is 2.05. The van der Waals surface area contributed by atoms with Crippen molar-refractivity contribution in [3.8, 4) is 5.75 Å². The highest BCUT2D eigenvalue weighted by atomic mass is 16.4. The van der Waals surface area contributed by atoms with Crippen LogP contribution < -0.4 is 5.32 Å². The molecule has 0 aliphatic carbocycles. The van der Waals surface area contributed by atoms with Crippen molar-refractivity contribution in [2.45, 2.75) is 6.54 Å². The lowest BCUT2D eigenvalue weighted by atomic mass is 10.2. The Balaban J connectivity index is 1.79. The van der Waals surface area contributed by atoms with Crippen molar-refractivity contribution in [1.82, 2.24) is 4.98 Å². The van der Waals surface area contributed by atoms with Crippen LogP contribution in [0, 0.1) is 0 Å². The number of oxazole rings is 1. The van der Waals surface area contributed by atoms with Crippen LogP contribution in [-0.2, 0) is 6.54 Å². The van der Waals surface area contributed by atoms with Gasteiger partial charge in [0, 0.05) is 12.1 Å². The highest BCUT2D eigenvalue weighted by molar-refractivity contribution is 5.74. The molecule has 4 nitrogen and oxygen atoms in total. The van der Waals surface area contributed by atoms with Gasteiger partial charge in [-0.25, -0.2) is 0 Å². The van der Waals surface area contributed by atoms with E-state index in [1.807, 2.05) is 36.4 Å². The van der Waals surface area contributed by atoms with Gasteiger partial charge in [-0.3, -0.25) is 0 Å². The summed E-state index contributed by atoms with van der Waals surface area (Å²) in [6.07, 6.45) is 0. The maximum atomic E-state index is 9.64. The number of aromatic hydroxyl groups is 1. The number of anilines is 1. The van der Waals surface area contributed by atoms with E-state index in [1.165, 1.54) is 0 Å². The molecule has 0 spiro atoms. The van der Waals surface area contributed by atoms with Gasteiger partial charge in [0.1, 0.15) is 11.3 Å². The third kappa shape index (κ3) is 2.00. The van der Waals surface area contributed by atoms with Gasteiger partial charge < -0.3 is 14.8 Å². The van der Waals surface area contributed by atoms with E-state index in [0.717, 1.165) is 16.7 Å². The topological polar surface area (TPSA) is 58.3 Å². The first-order chi connectivity index (χ1) is 8.83. The molecule has 0 radical (unpaired) electrons. The van der Waals surface area contributed by atoms with Crippen LogP contribution in [0.1, 0.15) is 5.56 Å². The summed E-state index contributed by atoms with van der Waals surface area (Å²) in [6.45, 7) is 0.472. The Morgan fingerprint density at radius 3 is 2.67 bits per heavy atom. The van der Waals surface area contributed by atoms with Crippen molar-refractivity contribution in [1.29, 1.82) is 0 Å². The molecule has 0 bridgehead atoms. The fourth-order valence-corrected chi connectivity index (χ4v) is 1.78. The smallest absolute Gasteiger partial charge is 0.295 e. The molecule has 0 saturated carbocycles. The number of rotatable bonds is 3. The largest absolute Gasteiger partial charge is 0.508 e. The minimum Gasteiger partial charge on any atom is -0.508 e. The number of para-hydroxylation sites is 3. The van der Waals surface area contributed by atoms with Gasteiger partial charge in [-0.05, 0) is 18.2 Å². The Kier molecular flexibility index (Phi) is 2.61. The van der Waals surface area contributed by atoms with Crippen LogP contribution in [0.25, 0.3) is 11.1 Å². The molecular weight excluding hydrogens is 228 g/mol. The molecule has 3 rings (SSSR count). The summed E-state index contributed by atoms with van der Waals surface area (Å²) in [5, 5.41) is 12.7. The molecule has 0 fully saturated rings. The zero-order chi connectivity index (χ0) is 12.4. The molecule has 0 atom stereocenters. The quantitative estimate of drug-likeness (QED) is 0.738. The van der Waals surface area contributed by atoms with E-state index in [0.29, 0.717) is 12.6 Å². The van der Waals surface area contributed by atoms with Gasteiger partial charge in [-0.2, -0.15) is 4.98 Å². The number of nitrogens with zero attached hydrogens (tertiary/aromatic N) is 1. The lowest BCUT2D eigenvalue weighted by molar-refractivity contribution is 0.469. The molecule has 2 aromatic carbocycles. The number of hydrogen-bond donors (Lipinski definition) is 2. The van der Waals surface area contributed by atoms with E-state index in [9.17, 15) is 5.11 Å². The summed E-state index contributed by atoms with van der Waals surface area (Å²) >= 11 is 0. The van der Waals surface area contributed by atoms with Crippen molar-refractivity contribution < 1.29 is 9.52 Å². The van der Waals surface area contributed by atoms with Crippen molar-refractivity contribution in [3.05, 3.63) is 54.1 Å². The molecule has 1 heterocycles. The van der Waals surface area contributed by atoms with Crippen LogP contribution in [0.5, 0.6) is 5.75 Å². The van der Waals surface area contributed by atoms with E-state index < -0.39 is 0 Å². The lowest BCUT2D eigenvalue weighted by Gasteiger charge is -2.03. The first-order valence-corrected chi connectivity index (χ1v) is 5.69. The van der Waals surface area contributed by atoms with Crippen LogP contribution in [0.3, 0.4) is 0 Å².